The van der Waals surface area contributed by atoms with Crippen LogP contribution in [0.2, 0.25) is 0 Å². The average Bonchev–Trinajstić information content (AvgIpc) is 2.76. The number of imidazole rings is 1. The summed E-state index contributed by atoms with van der Waals surface area (Å²) in [4.78, 5) is 7.83. The van der Waals surface area contributed by atoms with Gasteiger partial charge in [0.05, 0.1) is 6.61 Å². The van der Waals surface area contributed by atoms with E-state index in [0.29, 0.717) is 12.0 Å². The lowest BCUT2D eigenvalue weighted by Gasteiger charge is -2.19. The summed E-state index contributed by atoms with van der Waals surface area (Å²) >= 11 is 0. The highest BCUT2D eigenvalue weighted by Gasteiger charge is 2.18. The Bertz CT molecular complexity index is 316. The Morgan fingerprint density at radius 1 is 1.62 bits per heavy atom. The molecule has 1 saturated heterocycles. The van der Waals surface area contributed by atoms with Gasteiger partial charge in [-0.1, -0.05) is 13.8 Å². The molecule has 0 aliphatic carbocycles. The zero-order valence-electron chi connectivity index (χ0n) is 10.1. The second-order valence-electron chi connectivity index (χ2n) is 4.74. The number of aromatic nitrogens is 2. The Labute approximate surface area is 96.8 Å². The molecule has 0 spiro atoms. The number of nitrogens with one attached hydrogen (secondary N) is 2. The van der Waals surface area contributed by atoms with E-state index in [1.54, 1.807) is 0 Å². The summed E-state index contributed by atoms with van der Waals surface area (Å²) in [6, 6.07) is 0.504. The van der Waals surface area contributed by atoms with Gasteiger partial charge in [0.1, 0.15) is 5.82 Å². The quantitative estimate of drug-likeness (QED) is 0.818. The van der Waals surface area contributed by atoms with E-state index in [1.165, 1.54) is 6.42 Å². The van der Waals surface area contributed by atoms with Crippen molar-refractivity contribution in [2.45, 2.75) is 45.2 Å². The van der Waals surface area contributed by atoms with Gasteiger partial charge in [0.15, 0.2) is 0 Å². The maximum atomic E-state index is 5.47. The third kappa shape index (κ3) is 3.06. The first-order valence-electron chi connectivity index (χ1n) is 6.10. The van der Waals surface area contributed by atoms with Crippen molar-refractivity contribution in [3.8, 4) is 0 Å². The molecule has 2 N–H and O–H groups in total. The molecule has 0 amide bonds. The van der Waals surface area contributed by atoms with Crippen molar-refractivity contribution in [2.75, 3.05) is 13.2 Å². The van der Waals surface area contributed by atoms with Crippen LogP contribution in [0.4, 0.5) is 0 Å². The van der Waals surface area contributed by atoms with E-state index >= 15 is 0 Å². The van der Waals surface area contributed by atoms with Crippen molar-refractivity contribution in [3.63, 3.8) is 0 Å². The van der Waals surface area contributed by atoms with Crippen LogP contribution in [0.25, 0.3) is 0 Å². The Hall–Kier alpha value is -0.870. The molecule has 4 nitrogen and oxygen atoms in total. The van der Waals surface area contributed by atoms with Crippen LogP contribution in [0.3, 0.4) is 0 Å². The molecule has 4 heteroatoms. The molecule has 2 heterocycles. The number of H-pyrrole nitrogens is 1. The van der Waals surface area contributed by atoms with E-state index in [0.717, 1.165) is 37.7 Å². The fourth-order valence-electron chi connectivity index (χ4n) is 1.94. The van der Waals surface area contributed by atoms with Crippen LogP contribution in [-0.2, 0) is 11.3 Å². The van der Waals surface area contributed by atoms with Crippen molar-refractivity contribution in [1.82, 2.24) is 15.3 Å². The van der Waals surface area contributed by atoms with Crippen molar-refractivity contribution in [1.29, 1.82) is 0 Å². The lowest BCUT2D eigenvalue weighted by atomic mass is 10.0. The Morgan fingerprint density at radius 3 is 3.19 bits per heavy atom. The molecule has 2 rings (SSSR count). The fourth-order valence-corrected chi connectivity index (χ4v) is 1.94. The smallest absolute Gasteiger partial charge is 0.111 e. The molecule has 1 aliphatic rings. The summed E-state index contributed by atoms with van der Waals surface area (Å²) in [5.41, 5.74) is 1.16. The summed E-state index contributed by atoms with van der Waals surface area (Å²) in [7, 11) is 0. The number of hydrogen-bond donors (Lipinski definition) is 2. The van der Waals surface area contributed by atoms with Gasteiger partial charge in [-0.2, -0.15) is 0 Å². The highest BCUT2D eigenvalue weighted by atomic mass is 16.5. The molecule has 1 atom stereocenters. The number of hydrogen-bond acceptors (Lipinski definition) is 3. The molecule has 90 valence electrons. The minimum Gasteiger partial charge on any atom is -0.381 e. The monoisotopic (exact) mass is 223 g/mol. The summed E-state index contributed by atoms with van der Waals surface area (Å²) in [5.74, 6) is 1.54. The van der Waals surface area contributed by atoms with E-state index in [9.17, 15) is 0 Å². The lowest BCUT2D eigenvalue weighted by molar-refractivity contribution is 0.0782. The fraction of sp³-hybridized carbons (Fsp3) is 0.750. The van der Waals surface area contributed by atoms with E-state index < -0.39 is 0 Å². The average molecular weight is 223 g/mol. The standard InChI is InChI=1S/C12H21N3O/c1-9(2)13-6-11-7-14-12(15-11)10-4-3-5-16-8-10/h7,9-10,13H,3-6,8H2,1-2H3,(H,14,15). The number of nitrogens with zero attached hydrogens (tertiary/aromatic N) is 1. The van der Waals surface area contributed by atoms with Crippen LogP contribution in [0.15, 0.2) is 6.20 Å². The lowest BCUT2D eigenvalue weighted by Crippen LogP contribution is -2.22. The predicted octanol–water partition coefficient (Wildman–Crippen LogP) is 1.80. The van der Waals surface area contributed by atoms with Crippen molar-refractivity contribution >= 4 is 0 Å². The maximum Gasteiger partial charge on any atom is 0.111 e. The number of rotatable bonds is 4. The minimum absolute atomic E-state index is 0.460. The normalized spacial score (nSPS) is 21.6. The van der Waals surface area contributed by atoms with Gasteiger partial charge >= 0.3 is 0 Å². The third-order valence-corrected chi connectivity index (χ3v) is 2.90. The Kier molecular flexibility index (Phi) is 3.96. The van der Waals surface area contributed by atoms with Crippen molar-refractivity contribution < 1.29 is 4.74 Å². The van der Waals surface area contributed by atoms with E-state index in [1.807, 2.05) is 6.20 Å². The molecule has 1 aromatic rings. The Morgan fingerprint density at radius 2 is 2.50 bits per heavy atom. The minimum atomic E-state index is 0.460. The first-order valence-corrected chi connectivity index (χ1v) is 6.10. The van der Waals surface area contributed by atoms with Gasteiger partial charge in [-0.3, -0.25) is 0 Å². The van der Waals surface area contributed by atoms with E-state index in [-0.39, 0.29) is 0 Å². The summed E-state index contributed by atoms with van der Waals surface area (Å²) < 4.78 is 5.47. The highest BCUT2D eigenvalue weighted by Crippen LogP contribution is 2.22. The van der Waals surface area contributed by atoms with Crippen LogP contribution in [-0.4, -0.2) is 29.2 Å². The molecule has 16 heavy (non-hydrogen) atoms. The largest absolute Gasteiger partial charge is 0.381 e. The second kappa shape index (κ2) is 5.46. The van der Waals surface area contributed by atoms with Gasteiger partial charge in [0, 0.05) is 37.0 Å². The first kappa shape index (κ1) is 11.6. The third-order valence-electron chi connectivity index (χ3n) is 2.90. The van der Waals surface area contributed by atoms with Crippen LogP contribution in [0.1, 0.15) is 44.1 Å². The molecule has 0 radical (unpaired) electrons. The number of aromatic amines is 1. The van der Waals surface area contributed by atoms with E-state index in [4.69, 9.17) is 4.74 Å². The highest BCUT2D eigenvalue weighted by molar-refractivity contribution is 5.06. The Balaban J connectivity index is 1.90. The van der Waals surface area contributed by atoms with Gasteiger partial charge in [-0.15, -0.1) is 0 Å². The second-order valence-corrected chi connectivity index (χ2v) is 4.74. The van der Waals surface area contributed by atoms with Gasteiger partial charge < -0.3 is 15.0 Å². The molecule has 1 aromatic heterocycles. The molecule has 1 fully saturated rings. The van der Waals surface area contributed by atoms with Gasteiger partial charge in [-0.05, 0) is 12.8 Å². The first-order chi connectivity index (χ1) is 7.75. The van der Waals surface area contributed by atoms with Crippen LogP contribution < -0.4 is 5.32 Å². The molecule has 0 aromatic carbocycles. The maximum absolute atomic E-state index is 5.47. The summed E-state index contributed by atoms with van der Waals surface area (Å²) in [5, 5.41) is 3.38. The van der Waals surface area contributed by atoms with Gasteiger partial charge in [0.2, 0.25) is 0 Å². The molecule has 1 aliphatic heterocycles. The molecular weight excluding hydrogens is 202 g/mol. The van der Waals surface area contributed by atoms with E-state index in [2.05, 4.69) is 29.1 Å². The topological polar surface area (TPSA) is 49.9 Å². The molecule has 0 bridgehead atoms. The molecule has 0 saturated carbocycles. The zero-order valence-corrected chi connectivity index (χ0v) is 10.1. The van der Waals surface area contributed by atoms with Crippen LogP contribution >= 0.6 is 0 Å². The SMILES string of the molecule is CC(C)NCc1cnc(C2CCCOC2)[nH]1. The van der Waals surface area contributed by atoms with Crippen LogP contribution in [0.5, 0.6) is 0 Å². The van der Waals surface area contributed by atoms with Gasteiger partial charge in [0.25, 0.3) is 0 Å². The van der Waals surface area contributed by atoms with Crippen LogP contribution in [0, 0.1) is 0 Å². The van der Waals surface area contributed by atoms with Crippen molar-refractivity contribution in [2.24, 2.45) is 0 Å². The molecular formula is C12H21N3O. The van der Waals surface area contributed by atoms with Gasteiger partial charge in [-0.25, -0.2) is 4.98 Å². The summed E-state index contributed by atoms with van der Waals surface area (Å²) in [6.45, 7) is 6.86. The zero-order chi connectivity index (χ0) is 11.4. The number of ether oxygens (including phenoxy) is 1. The molecule has 1 unspecified atom stereocenters. The summed E-state index contributed by atoms with van der Waals surface area (Å²) in [6.07, 6.45) is 4.26. The van der Waals surface area contributed by atoms with Crippen molar-refractivity contribution in [3.05, 3.63) is 17.7 Å². The predicted molar refractivity (Wildman–Crippen MR) is 63.4 cm³/mol.